The summed E-state index contributed by atoms with van der Waals surface area (Å²) in [4.78, 5) is 11.8. The first-order valence-electron chi connectivity index (χ1n) is 5.92. The van der Waals surface area contributed by atoms with Crippen LogP contribution in [0.25, 0.3) is 0 Å². The topological polar surface area (TPSA) is 116 Å². The van der Waals surface area contributed by atoms with E-state index in [4.69, 9.17) is 21.1 Å². The fourth-order valence-corrected chi connectivity index (χ4v) is 2.18. The minimum atomic E-state index is -1.36. The van der Waals surface area contributed by atoms with Crippen molar-refractivity contribution in [1.82, 2.24) is 5.32 Å². The van der Waals surface area contributed by atoms with Crippen LogP contribution in [0, 0.1) is 0 Å². The second-order valence-corrected chi connectivity index (χ2v) is 5.05. The molecule has 1 amide bonds. The maximum Gasteiger partial charge on any atom is 0.222 e. The Morgan fingerprint density at radius 3 is 2.06 bits per heavy atom. The normalized spacial score (nSPS) is 19.3. The van der Waals surface area contributed by atoms with Crippen LogP contribution in [0.2, 0.25) is 0 Å². The number of hydrogen-bond acceptors (Lipinski definition) is 5. The molecule has 17 heavy (non-hydrogen) atoms. The highest BCUT2D eigenvalue weighted by Crippen LogP contribution is 2.30. The molecule has 1 aliphatic rings. The number of hydrogen-bond donors (Lipinski definition) is 5. The lowest BCUT2D eigenvalue weighted by molar-refractivity contribution is -0.126. The number of aliphatic hydroxyl groups is 3. The van der Waals surface area contributed by atoms with Gasteiger partial charge in [0, 0.05) is 12.0 Å². The molecule has 100 valence electrons. The van der Waals surface area contributed by atoms with E-state index in [0.29, 0.717) is 0 Å². The van der Waals surface area contributed by atoms with Gasteiger partial charge in [-0.25, -0.2) is 0 Å². The number of carbonyl (C=O) groups is 1. The monoisotopic (exact) mass is 246 g/mol. The summed E-state index contributed by atoms with van der Waals surface area (Å²) in [7, 11) is 0. The highest BCUT2D eigenvalue weighted by atomic mass is 16.3. The zero-order valence-electron chi connectivity index (χ0n) is 9.98. The standard InChI is InChI=1S/C11H22N2O4/c12-10(3-1-2-4-10)5-9(17)13-11(6-14,7-15)8-16/h14-16H,1-8,12H2,(H,13,17). The summed E-state index contributed by atoms with van der Waals surface area (Å²) in [6.45, 7) is -1.53. The van der Waals surface area contributed by atoms with E-state index in [9.17, 15) is 4.79 Å². The molecule has 1 saturated carbocycles. The quantitative estimate of drug-likeness (QED) is 0.390. The highest BCUT2D eigenvalue weighted by molar-refractivity contribution is 5.78. The second kappa shape index (κ2) is 5.77. The largest absolute Gasteiger partial charge is 0.394 e. The summed E-state index contributed by atoms with van der Waals surface area (Å²) >= 11 is 0. The Hall–Kier alpha value is -0.690. The van der Waals surface area contributed by atoms with E-state index in [1.807, 2.05) is 0 Å². The average Bonchev–Trinajstić information content (AvgIpc) is 2.72. The molecule has 0 bridgehead atoms. The molecule has 1 rings (SSSR count). The Bertz CT molecular complexity index is 252. The molecule has 0 spiro atoms. The van der Waals surface area contributed by atoms with E-state index in [-0.39, 0.29) is 12.3 Å². The van der Waals surface area contributed by atoms with Crippen LogP contribution in [-0.2, 0) is 4.79 Å². The van der Waals surface area contributed by atoms with Crippen molar-refractivity contribution < 1.29 is 20.1 Å². The zero-order valence-corrected chi connectivity index (χ0v) is 9.98. The highest BCUT2D eigenvalue weighted by Gasteiger charge is 2.35. The Labute approximate surface area is 101 Å². The van der Waals surface area contributed by atoms with Crippen LogP contribution in [0.15, 0.2) is 0 Å². The van der Waals surface area contributed by atoms with E-state index in [1.165, 1.54) is 0 Å². The molecule has 0 saturated heterocycles. The third-order valence-corrected chi connectivity index (χ3v) is 3.42. The van der Waals surface area contributed by atoms with E-state index < -0.39 is 30.9 Å². The Morgan fingerprint density at radius 1 is 1.18 bits per heavy atom. The molecule has 6 nitrogen and oxygen atoms in total. The van der Waals surface area contributed by atoms with Crippen LogP contribution in [0.4, 0.5) is 0 Å². The molecule has 6 N–H and O–H groups in total. The number of nitrogens with one attached hydrogen (secondary N) is 1. The van der Waals surface area contributed by atoms with Crippen molar-refractivity contribution in [2.45, 2.75) is 43.2 Å². The molecule has 1 aliphatic carbocycles. The smallest absolute Gasteiger partial charge is 0.222 e. The van der Waals surface area contributed by atoms with Gasteiger partial charge in [0.2, 0.25) is 5.91 Å². The first-order chi connectivity index (χ1) is 7.99. The van der Waals surface area contributed by atoms with E-state index in [0.717, 1.165) is 25.7 Å². The minimum Gasteiger partial charge on any atom is -0.394 e. The Kier molecular flexibility index (Phi) is 4.88. The number of amides is 1. The minimum absolute atomic E-state index is 0.161. The van der Waals surface area contributed by atoms with Gasteiger partial charge in [0.1, 0.15) is 5.54 Å². The maximum absolute atomic E-state index is 11.8. The molecule has 0 aromatic carbocycles. The predicted molar refractivity (Wildman–Crippen MR) is 62.1 cm³/mol. The van der Waals surface area contributed by atoms with E-state index >= 15 is 0 Å². The van der Waals surface area contributed by atoms with Gasteiger partial charge < -0.3 is 26.4 Å². The molecule has 0 unspecified atom stereocenters. The molecule has 0 atom stereocenters. The van der Waals surface area contributed by atoms with Gasteiger partial charge in [-0.3, -0.25) is 4.79 Å². The summed E-state index contributed by atoms with van der Waals surface area (Å²) < 4.78 is 0. The van der Waals surface area contributed by atoms with Gasteiger partial charge >= 0.3 is 0 Å². The van der Waals surface area contributed by atoms with Gasteiger partial charge in [-0.15, -0.1) is 0 Å². The summed E-state index contributed by atoms with van der Waals surface area (Å²) in [5.74, 6) is -0.341. The van der Waals surface area contributed by atoms with Crippen LogP contribution < -0.4 is 11.1 Å². The molecule has 6 heteroatoms. The van der Waals surface area contributed by atoms with Gasteiger partial charge in [-0.2, -0.15) is 0 Å². The van der Waals surface area contributed by atoms with Crippen LogP contribution in [-0.4, -0.2) is 52.1 Å². The maximum atomic E-state index is 11.8. The predicted octanol–water partition coefficient (Wildman–Crippen LogP) is -1.52. The van der Waals surface area contributed by atoms with E-state index in [2.05, 4.69) is 5.32 Å². The summed E-state index contributed by atoms with van der Waals surface area (Å²) in [6, 6.07) is 0. The SMILES string of the molecule is NC1(CC(=O)NC(CO)(CO)CO)CCCC1. The van der Waals surface area contributed by atoms with Crippen molar-refractivity contribution in [3.63, 3.8) is 0 Å². The van der Waals surface area contributed by atoms with Crippen LogP contribution in [0.1, 0.15) is 32.1 Å². The molecule has 0 aromatic heterocycles. The van der Waals surface area contributed by atoms with E-state index in [1.54, 1.807) is 0 Å². The van der Waals surface area contributed by atoms with Crippen molar-refractivity contribution in [1.29, 1.82) is 0 Å². The fraction of sp³-hybridized carbons (Fsp3) is 0.909. The molecule has 0 aromatic rings. The molecular weight excluding hydrogens is 224 g/mol. The molecule has 0 radical (unpaired) electrons. The number of rotatable bonds is 6. The molecule has 1 fully saturated rings. The number of carbonyl (C=O) groups excluding carboxylic acids is 1. The summed E-state index contributed by atoms with van der Waals surface area (Å²) in [6.07, 6.45) is 3.83. The first kappa shape index (κ1) is 14.4. The van der Waals surface area contributed by atoms with Gasteiger partial charge in [0.15, 0.2) is 0 Å². The van der Waals surface area contributed by atoms with Crippen LogP contribution >= 0.6 is 0 Å². The van der Waals surface area contributed by atoms with Crippen LogP contribution in [0.3, 0.4) is 0 Å². The van der Waals surface area contributed by atoms with Gasteiger partial charge in [0.25, 0.3) is 0 Å². The first-order valence-corrected chi connectivity index (χ1v) is 5.92. The third-order valence-electron chi connectivity index (χ3n) is 3.42. The summed E-state index contributed by atoms with van der Waals surface area (Å²) in [5.41, 5.74) is 4.22. The zero-order chi connectivity index (χ0) is 12.9. The summed E-state index contributed by atoms with van der Waals surface area (Å²) in [5, 5.41) is 29.7. The molecule has 0 heterocycles. The lowest BCUT2D eigenvalue weighted by Gasteiger charge is -2.31. The van der Waals surface area contributed by atoms with Crippen molar-refractivity contribution in [3.05, 3.63) is 0 Å². The molecular formula is C11H22N2O4. The van der Waals surface area contributed by atoms with Crippen molar-refractivity contribution in [2.75, 3.05) is 19.8 Å². The van der Waals surface area contributed by atoms with Gasteiger partial charge in [0.05, 0.1) is 19.8 Å². The lowest BCUT2D eigenvalue weighted by atomic mass is 9.93. The van der Waals surface area contributed by atoms with Crippen molar-refractivity contribution in [3.8, 4) is 0 Å². The van der Waals surface area contributed by atoms with Gasteiger partial charge in [-0.1, -0.05) is 12.8 Å². The van der Waals surface area contributed by atoms with Gasteiger partial charge in [-0.05, 0) is 12.8 Å². The third kappa shape index (κ3) is 3.64. The number of nitrogens with two attached hydrogens (primary N) is 1. The van der Waals surface area contributed by atoms with Crippen LogP contribution in [0.5, 0.6) is 0 Å². The number of aliphatic hydroxyl groups excluding tert-OH is 3. The van der Waals surface area contributed by atoms with Crippen molar-refractivity contribution >= 4 is 5.91 Å². The molecule has 0 aliphatic heterocycles. The van der Waals surface area contributed by atoms with Crippen molar-refractivity contribution in [2.24, 2.45) is 5.73 Å². The second-order valence-electron chi connectivity index (χ2n) is 5.05. The fourth-order valence-electron chi connectivity index (χ4n) is 2.18. The lowest BCUT2D eigenvalue weighted by Crippen LogP contribution is -2.58. The Balaban J connectivity index is 2.53. The average molecular weight is 246 g/mol. The Morgan fingerprint density at radius 2 is 1.65 bits per heavy atom.